The summed E-state index contributed by atoms with van der Waals surface area (Å²) in [6, 6.07) is 5.32. The molecule has 3 amide bonds. The Morgan fingerprint density at radius 1 is 1.10 bits per heavy atom. The number of aliphatic hydroxyl groups excluding tert-OH is 1. The van der Waals surface area contributed by atoms with Gasteiger partial charge in [0, 0.05) is 63.5 Å². The van der Waals surface area contributed by atoms with Crippen molar-refractivity contribution in [2.45, 2.75) is 45.7 Å². The van der Waals surface area contributed by atoms with Crippen molar-refractivity contribution in [3.63, 3.8) is 0 Å². The molecule has 3 aliphatic heterocycles. The fourth-order valence-corrected chi connectivity index (χ4v) is 4.28. The normalized spacial score (nSPS) is 21.8. The van der Waals surface area contributed by atoms with E-state index in [1.54, 1.807) is 4.90 Å². The number of carbonyl (C=O) groups excluding carboxylic acids is 3. The summed E-state index contributed by atoms with van der Waals surface area (Å²) in [6.45, 7) is 9.29. The lowest BCUT2D eigenvalue weighted by Gasteiger charge is -2.36. The number of nitrogens with zero attached hydrogens (tertiary/aromatic N) is 3. The van der Waals surface area contributed by atoms with Crippen LogP contribution in [-0.4, -0.2) is 78.0 Å². The van der Waals surface area contributed by atoms with Gasteiger partial charge >= 0.3 is 0 Å². The highest BCUT2D eigenvalue weighted by Gasteiger charge is 2.39. The van der Waals surface area contributed by atoms with Crippen molar-refractivity contribution < 1.29 is 19.5 Å². The topological polar surface area (TPSA) is 93.2 Å². The summed E-state index contributed by atoms with van der Waals surface area (Å²) in [5.74, 6) is -0.785. The van der Waals surface area contributed by atoms with Gasteiger partial charge < -0.3 is 14.9 Å². The Bertz CT molecular complexity index is 789. The van der Waals surface area contributed by atoms with Crippen LogP contribution < -0.4 is 10.2 Å². The molecule has 2 saturated heterocycles. The number of piperidine rings is 1. The average Bonchev–Trinajstić information content (AvgIpc) is 3.09. The minimum absolute atomic E-state index is 0.134. The second-order valence-corrected chi connectivity index (χ2v) is 7.65. The number of benzene rings is 1. The molecule has 0 spiro atoms. The first-order valence-corrected chi connectivity index (χ1v) is 10.9. The van der Waals surface area contributed by atoms with Crippen molar-refractivity contribution in [1.29, 1.82) is 0 Å². The summed E-state index contributed by atoms with van der Waals surface area (Å²) < 4.78 is 0. The summed E-state index contributed by atoms with van der Waals surface area (Å²) in [4.78, 5) is 42.6. The zero-order chi connectivity index (χ0) is 21.7. The van der Waals surface area contributed by atoms with Gasteiger partial charge in [0.2, 0.25) is 11.8 Å². The minimum atomic E-state index is -0.573. The lowest BCUT2D eigenvalue weighted by molar-refractivity contribution is -0.136. The Morgan fingerprint density at radius 2 is 1.83 bits per heavy atom. The van der Waals surface area contributed by atoms with E-state index >= 15 is 0 Å². The fourth-order valence-electron chi connectivity index (χ4n) is 4.28. The van der Waals surface area contributed by atoms with Crippen molar-refractivity contribution in [2.75, 3.05) is 44.2 Å². The second-order valence-electron chi connectivity index (χ2n) is 7.65. The molecule has 2 N–H and O–H groups in total. The molecular formula is C22H32N4O4. The van der Waals surface area contributed by atoms with Crippen molar-refractivity contribution in [3.8, 4) is 0 Å². The Kier molecular flexibility index (Phi) is 7.44. The third kappa shape index (κ3) is 4.65. The lowest BCUT2D eigenvalue weighted by atomic mass is 10.0. The maximum atomic E-state index is 12.8. The largest absolute Gasteiger partial charge is 0.396 e. The zero-order valence-corrected chi connectivity index (χ0v) is 17.9. The summed E-state index contributed by atoms with van der Waals surface area (Å²) in [5, 5.41) is 11.3. The predicted octanol–water partition coefficient (Wildman–Crippen LogP) is 0.978. The molecule has 4 rings (SSSR count). The number of amides is 3. The predicted molar refractivity (Wildman–Crippen MR) is 114 cm³/mol. The number of piperazine rings is 1. The number of aliphatic hydroxyl groups is 1. The van der Waals surface area contributed by atoms with Gasteiger partial charge in [-0.05, 0) is 36.6 Å². The SMILES string of the molecule is CC.O=C1CCC(N2Cc3cc(N4CCN(CCCO)CC4)ccc3C2=O)C(=O)N1. The van der Waals surface area contributed by atoms with Crippen molar-refractivity contribution in [2.24, 2.45) is 0 Å². The highest BCUT2D eigenvalue weighted by molar-refractivity contribution is 6.05. The van der Waals surface area contributed by atoms with Gasteiger partial charge in [0.25, 0.3) is 5.91 Å². The van der Waals surface area contributed by atoms with Gasteiger partial charge in [0.15, 0.2) is 0 Å². The molecule has 0 aromatic heterocycles. The van der Waals surface area contributed by atoms with Crippen LogP contribution in [0.4, 0.5) is 5.69 Å². The van der Waals surface area contributed by atoms with Crippen LogP contribution in [0.2, 0.25) is 0 Å². The standard InChI is InChI=1S/C20H26N4O4.C2H6/c25-11-1-6-22-7-9-23(10-8-22)15-2-3-16-14(12-15)13-24(20(16)28)17-4-5-18(26)21-19(17)27;1-2/h2-3,12,17,25H,1,4-11,13H2,(H,21,26,27);1-2H3. The van der Waals surface area contributed by atoms with Crippen molar-refractivity contribution in [1.82, 2.24) is 15.1 Å². The van der Waals surface area contributed by atoms with Crippen LogP contribution in [0.3, 0.4) is 0 Å². The Balaban J connectivity index is 0.00000124. The molecule has 0 saturated carbocycles. The van der Waals surface area contributed by atoms with Crippen LogP contribution in [-0.2, 0) is 16.1 Å². The van der Waals surface area contributed by atoms with E-state index in [0.29, 0.717) is 18.5 Å². The first-order chi connectivity index (χ1) is 14.6. The number of nitrogens with one attached hydrogen (secondary N) is 1. The maximum absolute atomic E-state index is 12.8. The summed E-state index contributed by atoms with van der Waals surface area (Å²) in [5.41, 5.74) is 2.68. The quantitative estimate of drug-likeness (QED) is 0.695. The number of hydrogen-bond acceptors (Lipinski definition) is 6. The molecule has 3 aliphatic rings. The first-order valence-electron chi connectivity index (χ1n) is 10.9. The van der Waals surface area contributed by atoms with Gasteiger partial charge in [0.1, 0.15) is 6.04 Å². The van der Waals surface area contributed by atoms with E-state index in [1.807, 2.05) is 26.0 Å². The van der Waals surface area contributed by atoms with Crippen LogP contribution in [0.25, 0.3) is 0 Å². The molecule has 3 heterocycles. The highest BCUT2D eigenvalue weighted by atomic mass is 16.3. The van der Waals surface area contributed by atoms with Gasteiger partial charge in [-0.3, -0.25) is 24.6 Å². The third-order valence-corrected chi connectivity index (χ3v) is 5.88. The van der Waals surface area contributed by atoms with Gasteiger partial charge in [-0.15, -0.1) is 0 Å². The van der Waals surface area contributed by atoms with Crippen LogP contribution in [0.1, 0.15) is 49.0 Å². The Hall–Kier alpha value is -2.45. The van der Waals surface area contributed by atoms with Gasteiger partial charge in [0.05, 0.1) is 0 Å². The Morgan fingerprint density at radius 3 is 2.50 bits per heavy atom. The van der Waals surface area contributed by atoms with Crippen LogP contribution in [0, 0.1) is 0 Å². The van der Waals surface area contributed by atoms with E-state index in [0.717, 1.165) is 50.4 Å². The molecule has 8 nitrogen and oxygen atoms in total. The number of imide groups is 1. The molecule has 1 unspecified atom stereocenters. The number of anilines is 1. The van der Waals surface area contributed by atoms with Crippen molar-refractivity contribution in [3.05, 3.63) is 29.3 Å². The summed E-state index contributed by atoms with van der Waals surface area (Å²) in [7, 11) is 0. The Labute approximate surface area is 177 Å². The molecule has 1 aromatic carbocycles. The average molecular weight is 417 g/mol. The van der Waals surface area contributed by atoms with Gasteiger partial charge in [-0.2, -0.15) is 0 Å². The van der Waals surface area contributed by atoms with Crippen LogP contribution in [0.5, 0.6) is 0 Å². The van der Waals surface area contributed by atoms with E-state index in [-0.39, 0.29) is 30.7 Å². The van der Waals surface area contributed by atoms with Crippen LogP contribution in [0.15, 0.2) is 18.2 Å². The van der Waals surface area contributed by atoms with Crippen molar-refractivity contribution >= 4 is 23.4 Å². The number of rotatable bonds is 5. The monoisotopic (exact) mass is 416 g/mol. The second kappa shape index (κ2) is 10.0. The fraction of sp³-hybridized carbons (Fsp3) is 0.591. The molecular weight excluding hydrogens is 384 g/mol. The lowest BCUT2D eigenvalue weighted by Crippen LogP contribution is -2.52. The smallest absolute Gasteiger partial charge is 0.255 e. The molecule has 0 aliphatic carbocycles. The van der Waals surface area contributed by atoms with E-state index in [9.17, 15) is 14.4 Å². The molecule has 2 fully saturated rings. The van der Waals surface area contributed by atoms with E-state index in [1.165, 1.54) is 0 Å². The molecule has 0 bridgehead atoms. The van der Waals surface area contributed by atoms with Crippen LogP contribution >= 0.6 is 0 Å². The number of carbonyl (C=O) groups is 3. The zero-order valence-electron chi connectivity index (χ0n) is 17.9. The molecule has 8 heteroatoms. The summed E-state index contributed by atoms with van der Waals surface area (Å²) in [6.07, 6.45) is 1.45. The third-order valence-electron chi connectivity index (χ3n) is 5.88. The summed E-state index contributed by atoms with van der Waals surface area (Å²) >= 11 is 0. The van der Waals surface area contributed by atoms with E-state index < -0.39 is 6.04 Å². The van der Waals surface area contributed by atoms with Gasteiger partial charge in [-0.25, -0.2) is 0 Å². The first kappa shape index (κ1) is 22.2. The minimum Gasteiger partial charge on any atom is -0.396 e. The molecule has 1 aromatic rings. The molecule has 1 atom stereocenters. The van der Waals surface area contributed by atoms with Gasteiger partial charge in [-0.1, -0.05) is 13.8 Å². The van der Waals surface area contributed by atoms with E-state index in [2.05, 4.69) is 21.2 Å². The van der Waals surface area contributed by atoms with E-state index in [4.69, 9.17) is 5.11 Å². The molecule has 0 radical (unpaired) electrons. The number of fused-ring (bicyclic) bond motifs is 1. The highest BCUT2D eigenvalue weighted by Crippen LogP contribution is 2.30. The molecule has 164 valence electrons. The molecule has 30 heavy (non-hydrogen) atoms. The number of hydrogen-bond donors (Lipinski definition) is 2. The maximum Gasteiger partial charge on any atom is 0.255 e.